The molecule has 0 spiro atoms. The van der Waals surface area contributed by atoms with Crippen molar-refractivity contribution in [2.45, 2.75) is 44.6 Å². The van der Waals surface area contributed by atoms with Crippen LogP contribution in [0.3, 0.4) is 0 Å². The molecule has 2 aliphatic heterocycles. The lowest BCUT2D eigenvalue weighted by Crippen LogP contribution is -2.54. The van der Waals surface area contributed by atoms with Crippen LogP contribution in [-0.4, -0.2) is 146 Å². The first-order valence-corrected chi connectivity index (χ1v) is 17.8. The van der Waals surface area contributed by atoms with E-state index in [0.29, 0.717) is 98.9 Å². The molecule has 1 aromatic rings. The van der Waals surface area contributed by atoms with Crippen molar-refractivity contribution in [1.82, 2.24) is 10.2 Å². The van der Waals surface area contributed by atoms with Crippen molar-refractivity contribution in [3.8, 4) is 0 Å². The molecule has 2 heterocycles. The zero-order chi connectivity index (χ0) is 38.1. The van der Waals surface area contributed by atoms with Crippen molar-refractivity contribution in [1.29, 1.82) is 0 Å². The molecule has 17 heteroatoms. The summed E-state index contributed by atoms with van der Waals surface area (Å²) in [5, 5.41) is 4.89. The third-order valence-corrected chi connectivity index (χ3v) is 7.81. The van der Waals surface area contributed by atoms with Crippen molar-refractivity contribution in [3.63, 3.8) is 0 Å². The second-order valence-corrected chi connectivity index (χ2v) is 11.7. The summed E-state index contributed by atoms with van der Waals surface area (Å²) in [6, 6.07) is 3.51. The number of nitrogens with one attached hydrogen (secondary N) is 2. The van der Waals surface area contributed by atoms with E-state index in [4.69, 9.17) is 37.9 Å². The number of nitrogens with zero attached hydrogens (tertiary/aromatic N) is 1. The summed E-state index contributed by atoms with van der Waals surface area (Å²) in [7, 11) is 0. The Bertz CT molecular complexity index is 1360. The standard InChI is InChI=1S/C36H51N3O14/c1-2-32(42)53-26-25-52-24-23-51-22-21-50-20-19-49-18-17-48-16-15-47-14-13-46-12-5-3-4-9-30(40)37-28-8-6-7-27-33(28)36(45)39(35(27)44)29-10-11-31(41)38-34(29)43/h2,6-8,29H,1,3-5,9-26H2,(H,37,40)(H,38,41,43). The van der Waals surface area contributed by atoms with Crippen LogP contribution in [-0.2, 0) is 57.1 Å². The first-order chi connectivity index (χ1) is 25.8. The maximum Gasteiger partial charge on any atom is 0.330 e. The van der Waals surface area contributed by atoms with Gasteiger partial charge < -0.3 is 43.2 Å². The van der Waals surface area contributed by atoms with Crippen molar-refractivity contribution in [2.24, 2.45) is 0 Å². The number of anilines is 1. The number of rotatable bonds is 30. The molecule has 1 fully saturated rings. The van der Waals surface area contributed by atoms with E-state index in [-0.39, 0.29) is 48.6 Å². The van der Waals surface area contributed by atoms with Crippen LogP contribution in [0.15, 0.2) is 30.9 Å². The fraction of sp³-hybridized carbons (Fsp3) is 0.611. The molecule has 0 bridgehead atoms. The first kappa shape index (κ1) is 43.3. The molecule has 0 saturated carbocycles. The van der Waals surface area contributed by atoms with Crippen LogP contribution in [0.5, 0.6) is 0 Å². The smallest absolute Gasteiger partial charge is 0.330 e. The average molecular weight is 750 g/mol. The number of piperidine rings is 1. The van der Waals surface area contributed by atoms with Gasteiger partial charge in [0.1, 0.15) is 12.6 Å². The monoisotopic (exact) mass is 749 g/mol. The van der Waals surface area contributed by atoms with Gasteiger partial charge in [0.05, 0.1) is 103 Å². The summed E-state index contributed by atoms with van der Waals surface area (Å²) in [4.78, 5) is 74.3. The number of benzene rings is 1. The molecule has 0 aromatic heterocycles. The number of carbonyl (C=O) groups is 6. The third-order valence-electron chi connectivity index (χ3n) is 7.81. The van der Waals surface area contributed by atoms with Crippen molar-refractivity contribution in [3.05, 3.63) is 42.0 Å². The fourth-order valence-electron chi connectivity index (χ4n) is 5.18. The van der Waals surface area contributed by atoms with E-state index in [1.165, 1.54) is 6.07 Å². The molecular formula is C36H51N3O14. The highest BCUT2D eigenvalue weighted by Gasteiger charge is 2.45. The zero-order valence-corrected chi connectivity index (χ0v) is 30.1. The summed E-state index contributed by atoms with van der Waals surface area (Å²) in [6.07, 6.45) is 3.53. The molecule has 3 rings (SSSR count). The Morgan fingerprint density at radius 1 is 0.717 bits per heavy atom. The molecule has 2 N–H and O–H groups in total. The SMILES string of the molecule is C=CC(=O)OCCOCCOCCOCCOCCOCCOCCOCCCCCC(=O)Nc1cccc2c1C(=O)N(C1CCC(=O)NC1=O)C2=O. The predicted octanol–water partition coefficient (Wildman–Crippen LogP) is 1.43. The van der Waals surface area contributed by atoms with Crippen LogP contribution >= 0.6 is 0 Å². The van der Waals surface area contributed by atoms with Gasteiger partial charge in [-0.2, -0.15) is 0 Å². The predicted molar refractivity (Wildman–Crippen MR) is 187 cm³/mol. The minimum atomic E-state index is -1.08. The Morgan fingerprint density at radius 2 is 1.25 bits per heavy atom. The summed E-state index contributed by atoms with van der Waals surface area (Å²) < 4.78 is 42.8. The largest absolute Gasteiger partial charge is 0.460 e. The Labute approximate surface area is 308 Å². The van der Waals surface area contributed by atoms with Crippen molar-refractivity contribution in [2.75, 3.05) is 104 Å². The van der Waals surface area contributed by atoms with Gasteiger partial charge in [-0.25, -0.2) is 4.79 Å². The van der Waals surface area contributed by atoms with Gasteiger partial charge in [0.15, 0.2) is 0 Å². The summed E-state index contributed by atoms with van der Waals surface area (Å²) in [6.45, 7) is 9.59. The number of imide groups is 2. The van der Waals surface area contributed by atoms with E-state index >= 15 is 0 Å². The summed E-state index contributed by atoms with van der Waals surface area (Å²) in [5.74, 6) is -3.21. The van der Waals surface area contributed by atoms with Crippen LogP contribution in [0.4, 0.5) is 5.69 Å². The highest BCUT2D eigenvalue weighted by atomic mass is 16.6. The number of esters is 1. The van der Waals surface area contributed by atoms with E-state index in [2.05, 4.69) is 17.2 Å². The molecule has 1 saturated heterocycles. The highest BCUT2D eigenvalue weighted by Crippen LogP contribution is 2.32. The second kappa shape index (κ2) is 25.8. The van der Waals surface area contributed by atoms with Gasteiger partial charge in [0, 0.05) is 25.5 Å². The second-order valence-electron chi connectivity index (χ2n) is 11.7. The number of fused-ring (bicyclic) bond motifs is 1. The number of ether oxygens (including phenoxy) is 8. The Morgan fingerprint density at radius 3 is 1.77 bits per heavy atom. The first-order valence-electron chi connectivity index (χ1n) is 17.8. The number of amides is 5. The molecule has 17 nitrogen and oxygen atoms in total. The van der Waals surface area contributed by atoms with E-state index in [0.717, 1.165) is 23.8 Å². The van der Waals surface area contributed by atoms with Crippen LogP contribution in [0.1, 0.15) is 59.2 Å². The Hall–Kier alpha value is -4.10. The molecule has 1 unspecified atom stereocenters. The zero-order valence-electron chi connectivity index (χ0n) is 30.1. The lowest BCUT2D eigenvalue weighted by molar-refractivity contribution is -0.139. The van der Waals surface area contributed by atoms with Gasteiger partial charge in [-0.05, 0) is 31.4 Å². The van der Waals surface area contributed by atoms with Crippen LogP contribution < -0.4 is 10.6 Å². The van der Waals surface area contributed by atoms with E-state index in [1.807, 2.05) is 0 Å². The van der Waals surface area contributed by atoms with Crippen LogP contribution in [0.25, 0.3) is 0 Å². The van der Waals surface area contributed by atoms with Gasteiger partial charge in [0.25, 0.3) is 11.8 Å². The van der Waals surface area contributed by atoms with E-state index < -0.39 is 35.6 Å². The number of hydrogen-bond acceptors (Lipinski definition) is 14. The summed E-state index contributed by atoms with van der Waals surface area (Å²) in [5.41, 5.74) is 0.372. The molecule has 1 aromatic carbocycles. The maximum absolute atomic E-state index is 13.2. The van der Waals surface area contributed by atoms with Crippen LogP contribution in [0, 0.1) is 0 Å². The van der Waals surface area contributed by atoms with Gasteiger partial charge in [-0.15, -0.1) is 0 Å². The van der Waals surface area contributed by atoms with E-state index in [1.54, 1.807) is 12.1 Å². The quantitative estimate of drug-likeness (QED) is 0.0495. The normalized spacial score (nSPS) is 15.4. The Kier molecular flexibility index (Phi) is 21.1. The van der Waals surface area contributed by atoms with Gasteiger partial charge in [-0.1, -0.05) is 19.1 Å². The molecule has 0 aliphatic carbocycles. The number of hydrogen-bond donors (Lipinski definition) is 2. The average Bonchev–Trinajstić information content (AvgIpc) is 3.40. The van der Waals surface area contributed by atoms with Gasteiger partial charge >= 0.3 is 5.97 Å². The molecule has 294 valence electrons. The topological polar surface area (TPSA) is 204 Å². The van der Waals surface area contributed by atoms with Crippen molar-refractivity contribution >= 4 is 41.2 Å². The number of carbonyl (C=O) groups excluding carboxylic acids is 6. The highest BCUT2D eigenvalue weighted by molar-refractivity contribution is 6.26. The minimum Gasteiger partial charge on any atom is -0.460 e. The lowest BCUT2D eigenvalue weighted by atomic mass is 10.0. The molecule has 53 heavy (non-hydrogen) atoms. The third kappa shape index (κ3) is 16.2. The minimum absolute atomic E-state index is 0.0262. The molecular weight excluding hydrogens is 698 g/mol. The van der Waals surface area contributed by atoms with E-state index in [9.17, 15) is 28.8 Å². The fourth-order valence-corrected chi connectivity index (χ4v) is 5.18. The molecule has 1 atom stereocenters. The van der Waals surface area contributed by atoms with Gasteiger partial charge in [-0.3, -0.25) is 34.2 Å². The lowest BCUT2D eigenvalue weighted by Gasteiger charge is -2.27. The molecule has 0 radical (unpaired) electrons. The number of unbranched alkanes of at least 4 members (excludes halogenated alkanes) is 2. The Balaban J connectivity index is 1.07. The summed E-state index contributed by atoms with van der Waals surface area (Å²) >= 11 is 0. The van der Waals surface area contributed by atoms with Crippen molar-refractivity contribution < 1.29 is 66.7 Å². The van der Waals surface area contributed by atoms with Crippen LogP contribution in [0.2, 0.25) is 0 Å². The molecule has 5 amide bonds. The van der Waals surface area contributed by atoms with Gasteiger partial charge in [0.2, 0.25) is 17.7 Å². The molecule has 2 aliphatic rings. The maximum atomic E-state index is 13.2.